The molecule has 3 aromatic rings. The Labute approximate surface area is 201 Å². The topological polar surface area (TPSA) is 119 Å². The Morgan fingerprint density at radius 3 is 2.26 bits per heavy atom. The number of benzene rings is 2. The summed E-state index contributed by atoms with van der Waals surface area (Å²) in [6.45, 7) is 3.81. The number of hydrogen-bond donors (Lipinski definition) is 1. The van der Waals surface area contributed by atoms with Crippen LogP contribution in [-0.4, -0.2) is 37.7 Å². The highest BCUT2D eigenvalue weighted by Crippen LogP contribution is 2.32. The maximum absolute atomic E-state index is 12.9. The van der Waals surface area contributed by atoms with E-state index in [4.69, 9.17) is 10.2 Å². The zero-order valence-corrected chi connectivity index (χ0v) is 20.9. The largest absolute Gasteiger partial charge is 0.419 e. The standard InChI is InChI=1S/C18H24N4O4S.C7H8/c1-11(19)17-20-21-18(26-17)14-8-13(16(23)12-6-4-5-7-12)9-15(10-14)22(2)27(3,24)25;1-7-5-3-2-4-6-7/h8-12H,4-7,19H2,1-3H3;2-6H,1H3/t11-;/m0./s1. The van der Waals surface area contributed by atoms with Gasteiger partial charge < -0.3 is 10.2 Å². The molecule has 2 aromatic carbocycles. The fraction of sp³-hybridized carbons (Fsp3) is 0.400. The van der Waals surface area contributed by atoms with Crippen LogP contribution in [0.25, 0.3) is 11.5 Å². The first-order chi connectivity index (χ1) is 16.1. The minimum Gasteiger partial charge on any atom is -0.419 e. The Balaban J connectivity index is 0.000000396. The lowest BCUT2D eigenvalue weighted by atomic mass is 9.94. The molecule has 0 bridgehead atoms. The zero-order chi connectivity index (χ0) is 24.9. The van der Waals surface area contributed by atoms with Crippen molar-refractivity contribution in [2.45, 2.75) is 45.6 Å². The average molecular weight is 485 g/mol. The van der Waals surface area contributed by atoms with Crippen LogP contribution in [-0.2, 0) is 10.0 Å². The molecule has 0 amide bonds. The van der Waals surface area contributed by atoms with Gasteiger partial charge in [0.25, 0.3) is 0 Å². The van der Waals surface area contributed by atoms with E-state index in [0.717, 1.165) is 36.2 Å². The van der Waals surface area contributed by atoms with E-state index in [0.29, 0.717) is 16.8 Å². The molecule has 0 radical (unpaired) electrons. The fourth-order valence-electron chi connectivity index (χ4n) is 3.74. The Bertz CT molecular complexity index is 1220. The molecule has 0 spiro atoms. The van der Waals surface area contributed by atoms with Gasteiger partial charge in [-0.1, -0.05) is 48.7 Å². The second-order valence-electron chi connectivity index (χ2n) is 8.73. The van der Waals surface area contributed by atoms with E-state index in [1.54, 1.807) is 25.1 Å². The summed E-state index contributed by atoms with van der Waals surface area (Å²) in [5, 5.41) is 7.90. The predicted octanol–water partition coefficient (Wildman–Crippen LogP) is 4.52. The molecule has 9 heteroatoms. The third-order valence-corrected chi connectivity index (χ3v) is 7.01. The number of rotatable bonds is 6. The van der Waals surface area contributed by atoms with Crippen LogP contribution in [0.2, 0.25) is 0 Å². The van der Waals surface area contributed by atoms with Crippen molar-refractivity contribution in [2.24, 2.45) is 11.7 Å². The molecule has 8 nitrogen and oxygen atoms in total. The maximum Gasteiger partial charge on any atom is 0.247 e. The summed E-state index contributed by atoms with van der Waals surface area (Å²) in [6, 6.07) is 14.7. The summed E-state index contributed by atoms with van der Waals surface area (Å²) in [5.41, 5.74) is 8.40. The molecule has 1 aromatic heterocycles. The van der Waals surface area contributed by atoms with Gasteiger partial charge in [0.1, 0.15) is 0 Å². The molecule has 1 fully saturated rings. The summed E-state index contributed by atoms with van der Waals surface area (Å²) in [5.74, 6) is 0.463. The number of sulfonamides is 1. The fourth-order valence-corrected chi connectivity index (χ4v) is 4.23. The minimum absolute atomic E-state index is 0.0180. The van der Waals surface area contributed by atoms with Crippen molar-refractivity contribution in [1.82, 2.24) is 10.2 Å². The van der Waals surface area contributed by atoms with Crippen LogP contribution in [0.1, 0.15) is 60.5 Å². The highest BCUT2D eigenvalue weighted by Gasteiger charge is 2.26. The Morgan fingerprint density at radius 1 is 1.12 bits per heavy atom. The number of carbonyl (C=O) groups is 1. The van der Waals surface area contributed by atoms with E-state index in [2.05, 4.69) is 29.3 Å². The number of carbonyl (C=O) groups excluding carboxylic acids is 1. The van der Waals surface area contributed by atoms with Gasteiger partial charge in [-0.15, -0.1) is 10.2 Å². The van der Waals surface area contributed by atoms with Gasteiger partial charge in [-0.3, -0.25) is 9.10 Å². The van der Waals surface area contributed by atoms with Crippen molar-refractivity contribution in [3.8, 4) is 11.5 Å². The molecular formula is C25H32N4O4S. The summed E-state index contributed by atoms with van der Waals surface area (Å²) in [4.78, 5) is 12.9. The predicted molar refractivity (Wildman–Crippen MR) is 133 cm³/mol. The van der Waals surface area contributed by atoms with Crippen molar-refractivity contribution in [2.75, 3.05) is 17.6 Å². The van der Waals surface area contributed by atoms with Gasteiger partial charge in [0.2, 0.25) is 21.8 Å². The molecule has 182 valence electrons. The SMILES string of the molecule is C[C@H](N)c1nnc(-c2cc(C(=O)C3CCCC3)cc(N(C)S(C)(=O)=O)c2)o1.Cc1ccccc1. The number of aromatic nitrogens is 2. The first-order valence-electron chi connectivity index (χ1n) is 11.3. The molecule has 1 atom stereocenters. The average Bonchev–Trinajstić information content (AvgIpc) is 3.51. The Hall–Kier alpha value is -3.04. The molecular weight excluding hydrogens is 452 g/mol. The van der Waals surface area contributed by atoms with Crippen LogP contribution in [0, 0.1) is 12.8 Å². The summed E-state index contributed by atoms with van der Waals surface area (Å²) < 4.78 is 30.7. The first kappa shape index (κ1) is 25.6. The molecule has 1 heterocycles. The van der Waals surface area contributed by atoms with Crippen molar-refractivity contribution in [1.29, 1.82) is 0 Å². The van der Waals surface area contributed by atoms with Crippen molar-refractivity contribution in [3.05, 3.63) is 65.5 Å². The van der Waals surface area contributed by atoms with Gasteiger partial charge in [-0.2, -0.15) is 0 Å². The Morgan fingerprint density at radius 2 is 1.76 bits per heavy atom. The van der Waals surface area contributed by atoms with Crippen molar-refractivity contribution < 1.29 is 17.6 Å². The van der Waals surface area contributed by atoms with Gasteiger partial charge in [0.05, 0.1) is 18.0 Å². The first-order valence-corrected chi connectivity index (χ1v) is 13.2. The molecule has 0 unspecified atom stereocenters. The number of Topliss-reactive ketones (excluding diaryl/α,β-unsaturated/α-hetero) is 1. The summed E-state index contributed by atoms with van der Waals surface area (Å²) >= 11 is 0. The molecule has 34 heavy (non-hydrogen) atoms. The van der Waals surface area contributed by atoms with E-state index >= 15 is 0 Å². The van der Waals surface area contributed by atoms with Gasteiger partial charge in [-0.25, -0.2) is 8.42 Å². The van der Waals surface area contributed by atoms with Gasteiger partial charge in [-0.05, 0) is 44.9 Å². The molecule has 2 N–H and O–H groups in total. The summed E-state index contributed by atoms with van der Waals surface area (Å²) in [6.07, 6.45) is 4.89. The lowest BCUT2D eigenvalue weighted by Crippen LogP contribution is -2.25. The third-order valence-electron chi connectivity index (χ3n) is 5.81. The van der Waals surface area contributed by atoms with Crippen LogP contribution in [0.4, 0.5) is 5.69 Å². The lowest BCUT2D eigenvalue weighted by Gasteiger charge is -2.19. The molecule has 0 aliphatic heterocycles. The van der Waals surface area contributed by atoms with Gasteiger partial charge in [0.15, 0.2) is 5.78 Å². The van der Waals surface area contributed by atoms with Crippen LogP contribution < -0.4 is 10.0 Å². The monoisotopic (exact) mass is 484 g/mol. The highest BCUT2D eigenvalue weighted by atomic mass is 32.2. The second kappa shape index (κ2) is 10.9. The van der Waals surface area contributed by atoms with Crippen LogP contribution in [0.5, 0.6) is 0 Å². The van der Waals surface area contributed by atoms with Crippen molar-refractivity contribution in [3.63, 3.8) is 0 Å². The maximum atomic E-state index is 12.9. The lowest BCUT2D eigenvalue weighted by molar-refractivity contribution is 0.0923. The quantitative estimate of drug-likeness (QED) is 0.511. The molecule has 0 saturated heterocycles. The van der Waals surface area contributed by atoms with Gasteiger partial charge >= 0.3 is 0 Å². The molecule has 1 aliphatic rings. The van der Waals surface area contributed by atoms with E-state index in [-0.39, 0.29) is 23.5 Å². The zero-order valence-electron chi connectivity index (χ0n) is 20.1. The van der Waals surface area contributed by atoms with E-state index in [1.807, 2.05) is 18.2 Å². The third kappa shape index (κ3) is 6.51. The van der Waals surface area contributed by atoms with Crippen LogP contribution >= 0.6 is 0 Å². The van der Waals surface area contributed by atoms with Gasteiger partial charge in [0, 0.05) is 24.1 Å². The minimum atomic E-state index is -3.49. The molecule has 1 aliphatic carbocycles. The highest BCUT2D eigenvalue weighted by molar-refractivity contribution is 7.92. The second-order valence-corrected chi connectivity index (χ2v) is 10.7. The number of aryl methyl sites for hydroxylation is 1. The molecule has 1 saturated carbocycles. The number of nitrogens with two attached hydrogens (primary N) is 1. The van der Waals surface area contributed by atoms with E-state index in [1.165, 1.54) is 12.6 Å². The number of hydrogen-bond acceptors (Lipinski definition) is 7. The number of anilines is 1. The van der Waals surface area contributed by atoms with E-state index in [9.17, 15) is 13.2 Å². The molecule has 4 rings (SSSR count). The smallest absolute Gasteiger partial charge is 0.247 e. The van der Waals surface area contributed by atoms with E-state index < -0.39 is 16.1 Å². The van der Waals surface area contributed by atoms with Crippen LogP contribution in [0.3, 0.4) is 0 Å². The van der Waals surface area contributed by atoms with Crippen molar-refractivity contribution >= 4 is 21.5 Å². The number of ketones is 1. The Kier molecular flexibility index (Phi) is 8.22. The number of nitrogens with zero attached hydrogens (tertiary/aromatic N) is 3. The normalized spacial score (nSPS) is 14.9. The summed E-state index contributed by atoms with van der Waals surface area (Å²) in [7, 11) is -2.05. The van der Waals surface area contributed by atoms with Crippen LogP contribution in [0.15, 0.2) is 52.9 Å².